The minimum Gasteiger partial charge on any atom is -0.399 e. The van der Waals surface area contributed by atoms with Gasteiger partial charge in [0.1, 0.15) is 0 Å². The predicted molar refractivity (Wildman–Crippen MR) is 109 cm³/mol. The van der Waals surface area contributed by atoms with Crippen LogP contribution in [0.3, 0.4) is 0 Å². The maximum atomic E-state index is 5.77. The van der Waals surface area contributed by atoms with E-state index in [4.69, 9.17) is 15.7 Å². The average molecular weight is 368 g/mol. The van der Waals surface area contributed by atoms with Crippen molar-refractivity contribution in [2.75, 3.05) is 12.3 Å². The molecule has 0 bridgehead atoms. The zero-order valence-corrected chi connectivity index (χ0v) is 15.4. The van der Waals surface area contributed by atoms with Crippen molar-refractivity contribution in [2.45, 2.75) is 19.5 Å². The van der Waals surface area contributed by atoms with Crippen LogP contribution in [-0.2, 0) is 19.5 Å². The van der Waals surface area contributed by atoms with E-state index in [0.29, 0.717) is 0 Å². The Morgan fingerprint density at radius 2 is 1.71 bits per heavy atom. The second-order valence-corrected chi connectivity index (χ2v) is 7.10. The fourth-order valence-corrected chi connectivity index (χ4v) is 3.58. The minimum absolute atomic E-state index is 0.745. The topological polar surface area (TPSA) is 80.8 Å². The van der Waals surface area contributed by atoms with Crippen LogP contribution in [0.5, 0.6) is 0 Å². The average Bonchev–Trinajstić information content (AvgIpc) is 2.74. The molecule has 1 aliphatic heterocycles. The molecule has 6 nitrogen and oxygen atoms in total. The SMILES string of the molecule is Nc1ccc(-c2ncc3c(n2)CCN(Cc2cnc4ccccc4n2)C3)cc1. The Bertz CT molecular complexity index is 1140. The molecule has 138 valence electrons. The molecule has 0 unspecified atom stereocenters. The van der Waals surface area contributed by atoms with Gasteiger partial charge in [0.25, 0.3) is 0 Å². The lowest BCUT2D eigenvalue weighted by atomic mass is 10.1. The third-order valence-corrected chi connectivity index (χ3v) is 5.07. The fraction of sp³-hybridized carbons (Fsp3) is 0.182. The lowest BCUT2D eigenvalue weighted by Crippen LogP contribution is -2.31. The summed E-state index contributed by atoms with van der Waals surface area (Å²) in [6.07, 6.45) is 4.73. The molecule has 2 aromatic heterocycles. The smallest absolute Gasteiger partial charge is 0.159 e. The first-order chi connectivity index (χ1) is 13.7. The fourth-order valence-electron chi connectivity index (χ4n) is 3.58. The highest BCUT2D eigenvalue weighted by molar-refractivity contribution is 5.73. The predicted octanol–water partition coefficient (Wildman–Crippen LogP) is 3.23. The molecule has 2 aromatic carbocycles. The van der Waals surface area contributed by atoms with Gasteiger partial charge in [0.2, 0.25) is 0 Å². The van der Waals surface area contributed by atoms with Crippen LogP contribution >= 0.6 is 0 Å². The van der Waals surface area contributed by atoms with E-state index < -0.39 is 0 Å². The summed E-state index contributed by atoms with van der Waals surface area (Å²) < 4.78 is 0. The summed E-state index contributed by atoms with van der Waals surface area (Å²) in [5.74, 6) is 0.757. The van der Waals surface area contributed by atoms with Crippen LogP contribution < -0.4 is 5.73 Å². The van der Waals surface area contributed by atoms with Crippen LogP contribution in [0.1, 0.15) is 17.0 Å². The van der Waals surface area contributed by atoms with Crippen LogP contribution in [-0.4, -0.2) is 31.4 Å². The van der Waals surface area contributed by atoms with Crippen LogP contribution in [0, 0.1) is 0 Å². The molecule has 0 aliphatic carbocycles. The van der Waals surface area contributed by atoms with Gasteiger partial charge in [0.05, 0.1) is 28.6 Å². The number of nitrogen functional groups attached to an aromatic ring is 1. The third-order valence-electron chi connectivity index (χ3n) is 5.07. The van der Waals surface area contributed by atoms with E-state index in [9.17, 15) is 0 Å². The van der Waals surface area contributed by atoms with Gasteiger partial charge in [-0.25, -0.2) is 15.0 Å². The van der Waals surface area contributed by atoms with E-state index in [1.54, 1.807) is 0 Å². The zero-order chi connectivity index (χ0) is 18.9. The van der Waals surface area contributed by atoms with Gasteiger partial charge in [-0.15, -0.1) is 0 Å². The molecule has 6 heteroatoms. The van der Waals surface area contributed by atoms with Crippen LogP contribution in [0.25, 0.3) is 22.4 Å². The quantitative estimate of drug-likeness (QED) is 0.559. The van der Waals surface area contributed by atoms with Crippen molar-refractivity contribution in [3.8, 4) is 11.4 Å². The maximum Gasteiger partial charge on any atom is 0.159 e. The number of hydrogen-bond acceptors (Lipinski definition) is 6. The third kappa shape index (κ3) is 3.30. The number of aromatic nitrogens is 4. The number of nitrogens with zero attached hydrogens (tertiary/aromatic N) is 5. The molecule has 4 aromatic rings. The van der Waals surface area contributed by atoms with Crippen molar-refractivity contribution in [1.29, 1.82) is 0 Å². The first kappa shape index (κ1) is 16.8. The second kappa shape index (κ2) is 6.98. The van der Waals surface area contributed by atoms with Gasteiger partial charge in [0.15, 0.2) is 5.82 Å². The van der Waals surface area contributed by atoms with E-state index >= 15 is 0 Å². The molecular weight excluding hydrogens is 348 g/mol. The Morgan fingerprint density at radius 3 is 2.57 bits per heavy atom. The number of rotatable bonds is 3. The van der Waals surface area contributed by atoms with Gasteiger partial charge in [-0.1, -0.05) is 12.1 Å². The standard InChI is InChI=1S/C22H20N6/c23-17-7-5-15(6-8-17)22-25-11-16-13-28(10-9-19(16)27-22)14-18-12-24-20-3-1-2-4-21(20)26-18/h1-8,11-12H,9-10,13-14,23H2. The largest absolute Gasteiger partial charge is 0.399 e. The van der Waals surface area contributed by atoms with Crippen molar-refractivity contribution in [1.82, 2.24) is 24.8 Å². The van der Waals surface area contributed by atoms with Gasteiger partial charge < -0.3 is 5.73 Å². The minimum atomic E-state index is 0.745. The van der Waals surface area contributed by atoms with E-state index in [2.05, 4.69) is 14.9 Å². The van der Waals surface area contributed by atoms with Crippen molar-refractivity contribution in [2.24, 2.45) is 0 Å². The first-order valence-corrected chi connectivity index (χ1v) is 9.38. The molecule has 0 fully saturated rings. The molecule has 0 amide bonds. The molecule has 2 N–H and O–H groups in total. The summed E-state index contributed by atoms with van der Waals surface area (Å²) in [7, 11) is 0. The number of para-hydroxylation sites is 2. The van der Waals surface area contributed by atoms with Crippen molar-refractivity contribution in [3.05, 3.63) is 77.9 Å². The van der Waals surface area contributed by atoms with Crippen LogP contribution in [0.4, 0.5) is 5.69 Å². The molecule has 28 heavy (non-hydrogen) atoms. The molecule has 3 heterocycles. The van der Waals surface area contributed by atoms with Gasteiger partial charge in [-0.3, -0.25) is 9.88 Å². The lowest BCUT2D eigenvalue weighted by molar-refractivity contribution is 0.240. The highest BCUT2D eigenvalue weighted by atomic mass is 15.1. The Kier molecular flexibility index (Phi) is 4.18. The van der Waals surface area contributed by atoms with E-state index in [0.717, 1.165) is 65.6 Å². The summed E-state index contributed by atoms with van der Waals surface area (Å²) in [6.45, 7) is 2.54. The van der Waals surface area contributed by atoms with Crippen LogP contribution in [0.2, 0.25) is 0 Å². The normalized spacial score (nSPS) is 14.1. The maximum absolute atomic E-state index is 5.77. The van der Waals surface area contributed by atoms with Crippen LogP contribution in [0.15, 0.2) is 60.9 Å². The molecular formula is C22H20N6. The molecule has 0 spiro atoms. The number of anilines is 1. The van der Waals surface area contributed by atoms with Crippen molar-refractivity contribution >= 4 is 16.7 Å². The molecule has 0 saturated carbocycles. The number of fused-ring (bicyclic) bond motifs is 2. The first-order valence-electron chi connectivity index (χ1n) is 9.38. The molecule has 0 saturated heterocycles. The lowest BCUT2D eigenvalue weighted by Gasteiger charge is -2.27. The van der Waals surface area contributed by atoms with Gasteiger partial charge in [-0.05, 0) is 36.4 Å². The zero-order valence-electron chi connectivity index (χ0n) is 15.4. The highest BCUT2D eigenvalue weighted by Gasteiger charge is 2.19. The second-order valence-electron chi connectivity index (χ2n) is 7.10. The molecule has 0 atom stereocenters. The summed E-state index contributed by atoms with van der Waals surface area (Å²) >= 11 is 0. The molecule has 0 radical (unpaired) electrons. The number of benzene rings is 2. The Hall–Kier alpha value is -3.38. The van der Waals surface area contributed by atoms with E-state index in [-0.39, 0.29) is 0 Å². The van der Waals surface area contributed by atoms with Gasteiger partial charge in [0, 0.05) is 49.1 Å². The summed E-state index contributed by atoms with van der Waals surface area (Å²) in [5.41, 5.74) is 12.7. The van der Waals surface area contributed by atoms with Gasteiger partial charge in [-0.2, -0.15) is 0 Å². The van der Waals surface area contributed by atoms with E-state index in [1.165, 1.54) is 5.56 Å². The Balaban J connectivity index is 1.34. The Morgan fingerprint density at radius 1 is 0.893 bits per heavy atom. The van der Waals surface area contributed by atoms with E-state index in [1.807, 2.05) is 60.9 Å². The summed E-state index contributed by atoms with van der Waals surface area (Å²) in [4.78, 5) is 21.0. The summed E-state index contributed by atoms with van der Waals surface area (Å²) in [5, 5.41) is 0. The number of nitrogens with two attached hydrogens (primary N) is 1. The monoisotopic (exact) mass is 368 g/mol. The molecule has 1 aliphatic rings. The van der Waals surface area contributed by atoms with Crippen molar-refractivity contribution in [3.63, 3.8) is 0 Å². The van der Waals surface area contributed by atoms with Crippen molar-refractivity contribution < 1.29 is 0 Å². The number of hydrogen-bond donors (Lipinski definition) is 1. The summed E-state index contributed by atoms with van der Waals surface area (Å²) in [6, 6.07) is 15.7. The van der Waals surface area contributed by atoms with Gasteiger partial charge >= 0.3 is 0 Å². The Labute approximate surface area is 163 Å². The molecule has 5 rings (SSSR count). The highest BCUT2D eigenvalue weighted by Crippen LogP contribution is 2.22.